The van der Waals surface area contributed by atoms with Gasteiger partial charge in [-0.1, -0.05) is 58.4 Å². The fraction of sp³-hybridized carbons (Fsp3) is 0.115. The smallest absolute Gasteiger partial charge is 0.338 e. The molecule has 1 aromatic heterocycles. The van der Waals surface area contributed by atoms with Gasteiger partial charge in [-0.25, -0.2) is 10.2 Å². The Kier molecular flexibility index (Phi) is 7.00. The predicted molar refractivity (Wildman–Crippen MR) is 131 cm³/mol. The van der Waals surface area contributed by atoms with Gasteiger partial charge in [0.25, 0.3) is 0 Å². The summed E-state index contributed by atoms with van der Waals surface area (Å²) in [5.74, 6) is 0.539. The first-order valence-corrected chi connectivity index (χ1v) is 11.2. The van der Waals surface area contributed by atoms with E-state index in [0.29, 0.717) is 23.7 Å². The number of esters is 1. The van der Waals surface area contributed by atoms with E-state index in [0.717, 1.165) is 26.4 Å². The van der Waals surface area contributed by atoms with E-state index in [4.69, 9.17) is 9.15 Å². The number of carbonyl (C=O) groups excluding carboxylic acids is 2. The van der Waals surface area contributed by atoms with E-state index in [1.54, 1.807) is 43.3 Å². The lowest BCUT2D eigenvalue weighted by molar-refractivity contribution is -0.120. The number of hydrogen-bond donors (Lipinski definition) is 1. The van der Waals surface area contributed by atoms with Crippen molar-refractivity contribution in [2.24, 2.45) is 5.10 Å². The molecular weight excluding hydrogens is 484 g/mol. The van der Waals surface area contributed by atoms with E-state index in [1.165, 1.54) is 6.21 Å². The van der Waals surface area contributed by atoms with Crippen LogP contribution in [0.1, 0.15) is 28.6 Å². The van der Waals surface area contributed by atoms with Gasteiger partial charge in [0.15, 0.2) is 0 Å². The van der Waals surface area contributed by atoms with Crippen molar-refractivity contribution in [1.29, 1.82) is 0 Å². The maximum atomic E-state index is 12.4. The van der Waals surface area contributed by atoms with Crippen molar-refractivity contribution in [3.63, 3.8) is 0 Å². The highest BCUT2D eigenvalue weighted by molar-refractivity contribution is 9.10. The Hall–Kier alpha value is -3.71. The first-order valence-electron chi connectivity index (χ1n) is 10.4. The standard InChI is InChI=1S/C26H21BrN2O4/c1-2-32-26(31)18-9-7-17(8-10-18)24-14-12-20(33-24)16-28-29-25(30)15-19-11-13-23(27)22-6-4-3-5-21(19)22/h3-14,16H,2,15H2,1H3,(H,29,30). The topological polar surface area (TPSA) is 80.9 Å². The highest BCUT2D eigenvalue weighted by Gasteiger charge is 2.10. The summed E-state index contributed by atoms with van der Waals surface area (Å²) in [4.78, 5) is 24.2. The molecule has 166 valence electrons. The van der Waals surface area contributed by atoms with Crippen molar-refractivity contribution in [3.8, 4) is 11.3 Å². The number of ether oxygens (including phenoxy) is 1. The molecule has 33 heavy (non-hydrogen) atoms. The number of carbonyl (C=O) groups is 2. The summed E-state index contributed by atoms with van der Waals surface area (Å²) in [5, 5.41) is 6.10. The number of fused-ring (bicyclic) bond motifs is 1. The monoisotopic (exact) mass is 504 g/mol. The number of benzene rings is 3. The van der Waals surface area contributed by atoms with Gasteiger partial charge >= 0.3 is 5.97 Å². The minimum absolute atomic E-state index is 0.210. The first-order chi connectivity index (χ1) is 16.0. The molecule has 1 N–H and O–H groups in total. The Morgan fingerprint density at radius 2 is 1.76 bits per heavy atom. The zero-order chi connectivity index (χ0) is 23.2. The molecule has 0 saturated heterocycles. The lowest BCUT2D eigenvalue weighted by Crippen LogP contribution is -2.19. The Morgan fingerprint density at radius 3 is 2.52 bits per heavy atom. The number of amides is 1. The number of nitrogens with zero attached hydrogens (tertiary/aromatic N) is 1. The van der Waals surface area contributed by atoms with Crippen LogP contribution >= 0.6 is 15.9 Å². The molecule has 1 heterocycles. The normalized spacial score (nSPS) is 11.1. The molecule has 4 rings (SSSR count). The van der Waals surface area contributed by atoms with Crippen LogP contribution in [-0.4, -0.2) is 24.7 Å². The van der Waals surface area contributed by atoms with Crippen LogP contribution in [0.15, 0.2) is 86.8 Å². The number of furan rings is 1. The molecule has 0 spiro atoms. The summed E-state index contributed by atoms with van der Waals surface area (Å²) in [6, 6.07) is 22.3. The van der Waals surface area contributed by atoms with Crippen LogP contribution in [0.3, 0.4) is 0 Å². The van der Waals surface area contributed by atoms with E-state index in [2.05, 4.69) is 26.5 Å². The van der Waals surface area contributed by atoms with Crippen LogP contribution in [0.25, 0.3) is 22.1 Å². The molecule has 0 saturated carbocycles. The summed E-state index contributed by atoms with van der Waals surface area (Å²) in [7, 11) is 0. The van der Waals surface area contributed by atoms with E-state index in [9.17, 15) is 9.59 Å². The lowest BCUT2D eigenvalue weighted by Gasteiger charge is -2.07. The van der Waals surface area contributed by atoms with Gasteiger partial charge in [-0.2, -0.15) is 5.10 Å². The Bertz CT molecular complexity index is 1330. The van der Waals surface area contributed by atoms with Crippen LogP contribution in [-0.2, 0) is 16.0 Å². The summed E-state index contributed by atoms with van der Waals surface area (Å²) in [5.41, 5.74) is 4.77. The zero-order valence-electron chi connectivity index (χ0n) is 17.9. The molecule has 0 radical (unpaired) electrons. The molecule has 0 aliphatic heterocycles. The average molecular weight is 505 g/mol. The van der Waals surface area contributed by atoms with Crippen molar-refractivity contribution in [1.82, 2.24) is 5.43 Å². The van der Waals surface area contributed by atoms with E-state index < -0.39 is 0 Å². The van der Waals surface area contributed by atoms with Crippen LogP contribution < -0.4 is 5.43 Å². The van der Waals surface area contributed by atoms with Gasteiger partial charge in [0, 0.05) is 10.0 Å². The third-order valence-corrected chi connectivity index (χ3v) is 5.69. The fourth-order valence-electron chi connectivity index (χ4n) is 3.42. The van der Waals surface area contributed by atoms with Gasteiger partial charge in [-0.05, 0) is 53.6 Å². The molecule has 0 unspecified atom stereocenters. The van der Waals surface area contributed by atoms with Crippen molar-refractivity contribution >= 4 is 44.8 Å². The fourth-order valence-corrected chi connectivity index (χ4v) is 3.90. The van der Waals surface area contributed by atoms with Crippen LogP contribution in [0.5, 0.6) is 0 Å². The molecule has 7 heteroatoms. The zero-order valence-corrected chi connectivity index (χ0v) is 19.5. The Labute approximate surface area is 199 Å². The number of hydrogen-bond acceptors (Lipinski definition) is 5. The van der Waals surface area contributed by atoms with E-state index >= 15 is 0 Å². The van der Waals surface area contributed by atoms with Gasteiger partial charge in [0.2, 0.25) is 5.91 Å². The van der Waals surface area contributed by atoms with Crippen molar-refractivity contribution < 1.29 is 18.7 Å². The maximum absolute atomic E-state index is 12.4. The van der Waals surface area contributed by atoms with Crippen molar-refractivity contribution in [3.05, 3.63) is 94.2 Å². The summed E-state index contributed by atoms with van der Waals surface area (Å²) in [6.07, 6.45) is 1.66. The third-order valence-electron chi connectivity index (χ3n) is 5.00. The number of hydrazone groups is 1. The van der Waals surface area contributed by atoms with Crippen molar-refractivity contribution in [2.75, 3.05) is 6.61 Å². The number of nitrogens with one attached hydrogen (secondary N) is 1. The Balaban J connectivity index is 1.37. The molecule has 1 amide bonds. The van der Waals surface area contributed by atoms with Gasteiger partial charge in [-0.15, -0.1) is 0 Å². The second kappa shape index (κ2) is 10.3. The first kappa shape index (κ1) is 22.5. The highest BCUT2D eigenvalue weighted by atomic mass is 79.9. The molecule has 6 nitrogen and oxygen atoms in total. The van der Waals surface area contributed by atoms with E-state index in [-0.39, 0.29) is 18.3 Å². The number of halogens is 1. The van der Waals surface area contributed by atoms with Gasteiger partial charge in [0.05, 0.1) is 24.8 Å². The highest BCUT2D eigenvalue weighted by Crippen LogP contribution is 2.27. The maximum Gasteiger partial charge on any atom is 0.338 e. The van der Waals surface area contributed by atoms with E-state index in [1.807, 2.05) is 36.4 Å². The van der Waals surface area contributed by atoms with Gasteiger partial charge in [0.1, 0.15) is 11.5 Å². The molecule has 0 fully saturated rings. The molecule has 0 aliphatic carbocycles. The summed E-state index contributed by atoms with van der Waals surface area (Å²) < 4.78 is 11.7. The minimum Gasteiger partial charge on any atom is -0.462 e. The minimum atomic E-state index is -0.358. The van der Waals surface area contributed by atoms with Crippen molar-refractivity contribution in [2.45, 2.75) is 13.3 Å². The van der Waals surface area contributed by atoms with Crippen LogP contribution in [0.2, 0.25) is 0 Å². The second-order valence-electron chi connectivity index (χ2n) is 7.22. The molecule has 0 atom stereocenters. The predicted octanol–water partition coefficient (Wildman–Crippen LogP) is 5.73. The largest absolute Gasteiger partial charge is 0.462 e. The van der Waals surface area contributed by atoms with Gasteiger partial charge in [-0.3, -0.25) is 4.79 Å². The molecule has 0 aliphatic rings. The molecule has 0 bridgehead atoms. The molecular formula is C26H21BrN2O4. The lowest BCUT2D eigenvalue weighted by atomic mass is 10.0. The number of rotatable bonds is 7. The summed E-state index contributed by atoms with van der Waals surface area (Å²) in [6.45, 7) is 2.10. The van der Waals surface area contributed by atoms with Crippen LogP contribution in [0.4, 0.5) is 0 Å². The molecule has 4 aromatic rings. The van der Waals surface area contributed by atoms with Crippen LogP contribution in [0, 0.1) is 0 Å². The SMILES string of the molecule is CCOC(=O)c1ccc(-c2ccc(C=NNC(=O)Cc3ccc(Br)c4ccccc34)o2)cc1. The average Bonchev–Trinajstić information content (AvgIpc) is 3.30. The summed E-state index contributed by atoms with van der Waals surface area (Å²) >= 11 is 3.54. The second-order valence-corrected chi connectivity index (χ2v) is 8.08. The quantitative estimate of drug-likeness (QED) is 0.198. The third kappa shape index (κ3) is 5.38. The molecule has 3 aromatic carbocycles. The Morgan fingerprint density at radius 1 is 1.00 bits per heavy atom. The van der Waals surface area contributed by atoms with Gasteiger partial charge < -0.3 is 9.15 Å².